The summed E-state index contributed by atoms with van der Waals surface area (Å²) in [6.45, 7) is 6.09. The van der Waals surface area contributed by atoms with Crippen LogP contribution < -0.4 is 4.74 Å². The number of halogens is 1. The quantitative estimate of drug-likeness (QED) is 0.688. The van der Waals surface area contributed by atoms with E-state index >= 15 is 0 Å². The van der Waals surface area contributed by atoms with Crippen LogP contribution in [0.4, 0.5) is 0 Å². The molecule has 1 aromatic heterocycles. The maximum Gasteiger partial charge on any atom is 0.165 e. The predicted molar refractivity (Wildman–Crippen MR) is 111 cm³/mol. The highest BCUT2D eigenvalue weighted by molar-refractivity contribution is 6.30. The molecule has 146 valence electrons. The van der Waals surface area contributed by atoms with Crippen LogP contribution in [-0.4, -0.2) is 39.3 Å². The third-order valence-electron chi connectivity index (χ3n) is 5.15. The number of benzene rings is 2. The number of ether oxygens (including phenoxy) is 1. The molecule has 0 spiro atoms. The first-order valence-electron chi connectivity index (χ1n) is 9.55. The van der Waals surface area contributed by atoms with Crippen molar-refractivity contribution in [3.8, 4) is 22.6 Å². The molecule has 2 heterocycles. The number of aromatic nitrogens is 2. The number of aromatic hydroxyl groups is 1. The topological polar surface area (TPSA) is 50.5 Å². The molecule has 0 saturated carbocycles. The van der Waals surface area contributed by atoms with Gasteiger partial charge in [-0.2, -0.15) is 0 Å². The van der Waals surface area contributed by atoms with Gasteiger partial charge >= 0.3 is 0 Å². The Balaban J connectivity index is 1.50. The summed E-state index contributed by atoms with van der Waals surface area (Å²) in [5, 5.41) is 11.2. The number of fused-ring (bicyclic) bond motifs is 1. The van der Waals surface area contributed by atoms with E-state index in [1.54, 1.807) is 6.07 Å². The van der Waals surface area contributed by atoms with Crippen LogP contribution in [0.25, 0.3) is 11.1 Å². The Labute approximate surface area is 170 Å². The third kappa shape index (κ3) is 4.16. The summed E-state index contributed by atoms with van der Waals surface area (Å²) in [6, 6.07) is 11.5. The lowest BCUT2D eigenvalue weighted by Gasteiger charge is -2.20. The molecule has 0 bridgehead atoms. The Morgan fingerprint density at radius 2 is 2.07 bits per heavy atom. The minimum atomic E-state index is 0.184. The normalized spacial score (nSPS) is 14.4. The summed E-state index contributed by atoms with van der Waals surface area (Å²) in [5.74, 6) is 1.82. The number of aryl methyl sites for hydroxylation is 2. The summed E-state index contributed by atoms with van der Waals surface area (Å²) >= 11 is 6.14. The van der Waals surface area contributed by atoms with Crippen molar-refractivity contribution in [1.82, 2.24) is 14.5 Å². The van der Waals surface area contributed by atoms with Crippen molar-refractivity contribution >= 4 is 11.6 Å². The molecule has 5 nitrogen and oxygen atoms in total. The molecule has 1 aliphatic heterocycles. The standard InChI is InChI=1S/C22H24ClN3O2/c1-16-24-6-9-26(16)8-3-7-25-10-11-28-22-19(15-25)12-18(14-21(22)27)17-4-2-5-20(23)13-17/h2,4-6,9,12-14,27H,3,7-8,10-11,15H2,1H3. The van der Waals surface area contributed by atoms with Crippen molar-refractivity contribution in [2.45, 2.75) is 26.4 Å². The van der Waals surface area contributed by atoms with Crippen LogP contribution in [0.2, 0.25) is 5.02 Å². The van der Waals surface area contributed by atoms with E-state index in [9.17, 15) is 5.11 Å². The third-order valence-corrected chi connectivity index (χ3v) is 5.38. The van der Waals surface area contributed by atoms with Crippen LogP contribution in [0.5, 0.6) is 11.5 Å². The number of nitrogens with zero attached hydrogens (tertiary/aromatic N) is 3. The van der Waals surface area contributed by atoms with Gasteiger partial charge in [-0.3, -0.25) is 4.90 Å². The van der Waals surface area contributed by atoms with Crippen molar-refractivity contribution in [3.63, 3.8) is 0 Å². The van der Waals surface area contributed by atoms with Crippen LogP contribution in [0, 0.1) is 6.92 Å². The maximum absolute atomic E-state index is 10.5. The van der Waals surface area contributed by atoms with Crippen molar-refractivity contribution < 1.29 is 9.84 Å². The van der Waals surface area contributed by atoms with Crippen molar-refractivity contribution in [2.24, 2.45) is 0 Å². The average Bonchev–Trinajstić information content (AvgIpc) is 2.96. The maximum atomic E-state index is 10.5. The fourth-order valence-electron chi connectivity index (χ4n) is 3.68. The number of phenols is 1. The SMILES string of the molecule is Cc1nccn1CCCN1CCOc2c(O)cc(-c3cccc(Cl)c3)cc2C1. The van der Waals surface area contributed by atoms with Gasteiger partial charge in [-0.05, 0) is 48.7 Å². The molecule has 0 aliphatic carbocycles. The molecule has 28 heavy (non-hydrogen) atoms. The second-order valence-corrected chi connectivity index (χ2v) is 7.58. The highest BCUT2D eigenvalue weighted by Crippen LogP contribution is 2.38. The molecular weight excluding hydrogens is 374 g/mol. The van der Waals surface area contributed by atoms with E-state index in [-0.39, 0.29) is 5.75 Å². The van der Waals surface area contributed by atoms with Gasteiger partial charge < -0.3 is 14.4 Å². The summed E-state index contributed by atoms with van der Waals surface area (Å²) in [6.07, 6.45) is 4.89. The van der Waals surface area contributed by atoms with Gasteiger partial charge in [0, 0.05) is 49.2 Å². The number of hydrogen-bond acceptors (Lipinski definition) is 4. The summed E-state index contributed by atoms with van der Waals surface area (Å²) in [5.41, 5.74) is 2.93. The van der Waals surface area contributed by atoms with E-state index in [1.165, 1.54) is 0 Å². The lowest BCUT2D eigenvalue weighted by Crippen LogP contribution is -2.27. The molecule has 1 aliphatic rings. The first kappa shape index (κ1) is 18.8. The van der Waals surface area contributed by atoms with E-state index in [0.717, 1.165) is 55.1 Å². The van der Waals surface area contributed by atoms with Gasteiger partial charge in [-0.25, -0.2) is 4.98 Å². The molecule has 0 amide bonds. The Bertz CT molecular complexity index is 970. The van der Waals surface area contributed by atoms with Crippen molar-refractivity contribution in [2.75, 3.05) is 19.7 Å². The summed E-state index contributed by atoms with van der Waals surface area (Å²) in [7, 11) is 0. The lowest BCUT2D eigenvalue weighted by molar-refractivity contribution is 0.218. The number of rotatable bonds is 5. The first-order valence-corrected chi connectivity index (χ1v) is 9.92. The molecule has 3 aromatic rings. The molecule has 2 aromatic carbocycles. The molecule has 0 unspecified atom stereocenters. The van der Waals surface area contributed by atoms with Gasteiger partial charge in [0.2, 0.25) is 0 Å². The van der Waals surface area contributed by atoms with Crippen molar-refractivity contribution in [1.29, 1.82) is 0 Å². The fraction of sp³-hybridized carbons (Fsp3) is 0.318. The van der Waals surface area contributed by atoms with Gasteiger partial charge in [-0.15, -0.1) is 0 Å². The van der Waals surface area contributed by atoms with Gasteiger partial charge in [-0.1, -0.05) is 23.7 Å². The Morgan fingerprint density at radius 3 is 2.86 bits per heavy atom. The molecule has 1 N–H and O–H groups in total. The fourth-order valence-corrected chi connectivity index (χ4v) is 3.87. The zero-order valence-electron chi connectivity index (χ0n) is 15.9. The summed E-state index contributed by atoms with van der Waals surface area (Å²) < 4.78 is 8.03. The number of imidazole rings is 1. The van der Waals surface area contributed by atoms with Crippen LogP contribution in [0.1, 0.15) is 17.8 Å². The zero-order chi connectivity index (χ0) is 19.5. The average molecular weight is 398 g/mol. The van der Waals surface area contributed by atoms with Gasteiger partial charge in [0.1, 0.15) is 12.4 Å². The molecule has 0 radical (unpaired) electrons. The van der Waals surface area contributed by atoms with Crippen LogP contribution in [0.15, 0.2) is 48.8 Å². The number of hydrogen-bond donors (Lipinski definition) is 1. The number of phenolic OH excluding ortho intramolecular Hbond substituents is 1. The monoisotopic (exact) mass is 397 g/mol. The molecule has 0 saturated heterocycles. The zero-order valence-corrected chi connectivity index (χ0v) is 16.7. The first-order chi connectivity index (χ1) is 13.6. The Morgan fingerprint density at radius 1 is 1.18 bits per heavy atom. The highest BCUT2D eigenvalue weighted by Gasteiger charge is 2.19. The van der Waals surface area contributed by atoms with Crippen molar-refractivity contribution in [3.05, 3.63) is 65.2 Å². The molecule has 6 heteroatoms. The Kier molecular flexibility index (Phi) is 5.55. The minimum Gasteiger partial charge on any atom is -0.504 e. The minimum absolute atomic E-state index is 0.184. The molecule has 0 atom stereocenters. The Hall–Kier alpha value is -2.50. The lowest BCUT2D eigenvalue weighted by atomic mass is 10.0. The molecule has 4 rings (SSSR count). The van der Waals surface area contributed by atoms with Crippen LogP contribution >= 0.6 is 11.6 Å². The van der Waals surface area contributed by atoms with Gasteiger partial charge in [0.05, 0.1) is 0 Å². The van der Waals surface area contributed by atoms with E-state index in [4.69, 9.17) is 16.3 Å². The van der Waals surface area contributed by atoms with E-state index in [1.807, 2.05) is 43.6 Å². The van der Waals surface area contributed by atoms with E-state index < -0.39 is 0 Å². The van der Waals surface area contributed by atoms with Crippen LogP contribution in [-0.2, 0) is 13.1 Å². The van der Waals surface area contributed by atoms with Gasteiger partial charge in [0.25, 0.3) is 0 Å². The smallest absolute Gasteiger partial charge is 0.165 e. The second-order valence-electron chi connectivity index (χ2n) is 7.14. The van der Waals surface area contributed by atoms with E-state index in [2.05, 4.69) is 20.5 Å². The second kappa shape index (κ2) is 8.25. The van der Waals surface area contributed by atoms with Gasteiger partial charge in [0.15, 0.2) is 11.5 Å². The van der Waals surface area contributed by atoms with Crippen LogP contribution in [0.3, 0.4) is 0 Å². The summed E-state index contributed by atoms with van der Waals surface area (Å²) in [4.78, 5) is 6.65. The molecular formula is C22H24ClN3O2. The van der Waals surface area contributed by atoms with E-state index in [0.29, 0.717) is 17.4 Å². The molecule has 0 fully saturated rings. The predicted octanol–water partition coefficient (Wildman–Crippen LogP) is 4.50. The largest absolute Gasteiger partial charge is 0.504 e. The highest BCUT2D eigenvalue weighted by atomic mass is 35.5.